The van der Waals surface area contributed by atoms with Crippen molar-refractivity contribution in [3.63, 3.8) is 0 Å². The van der Waals surface area contributed by atoms with Crippen LogP contribution in [-0.2, 0) is 0 Å². The van der Waals surface area contributed by atoms with Gasteiger partial charge in [0.2, 0.25) is 0 Å². The Morgan fingerprint density at radius 1 is 1.11 bits per heavy atom. The first-order valence-electron chi connectivity index (χ1n) is 6.39. The van der Waals surface area contributed by atoms with Crippen molar-refractivity contribution >= 4 is 6.29 Å². The molecule has 0 spiro atoms. The third-order valence-electron chi connectivity index (χ3n) is 3.25. The average Bonchev–Trinajstić information content (AvgIpc) is 2.46. The first-order chi connectivity index (χ1) is 9.15. The summed E-state index contributed by atoms with van der Waals surface area (Å²) in [4.78, 5) is 11.2. The van der Waals surface area contributed by atoms with Crippen molar-refractivity contribution in [2.45, 2.75) is 19.8 Å². The Labute approximate surface area is 114 Å². The lowest BCUT2D eigenvalue weighted by molar-refractivity contribution is 0.112. The van der Waals surface area contributed by atoms with Crippen LogP contribution in [0, 0.1) is 0 Å². The molecular formula is C17H18O2. The third-order valence-corrected chi connectivity index (χ3v) is 3.25. The van der Waals surface area contributed by atoms with Crippen LogP contribution in [0.2, 0.25) is 0 Å². The van der Waals surface area contributed by atoms with Crippen LogP contribution in [0.15, 0.2) is 42.5 Å². The number of methoxy groups -OCH3 is 1. The number of rotatable bonds is 4. The second-order valence-corrected chi connectivity index (χ2v) is 4.85. The lowest BCUT2D eigenvalue weighted by atomic mass is 9.95. The van der Waals surface area contributed by atoms with Gasteiger partial charge in [0.1, 0.15) is 5.75 Å². The summed E-state index contributed by atoms with van der Waals surface area (Å²) in [5, 5.41) is 0. The summed E-state index contributed by atoms with van der Waals surface area (Å²) >= 11 is 0. The van der Waals surface area contributed by atoms with Crippen molar-refractivity contribution in [3.8, 4) is 16.9 Å². The van der Waals surface area contributed by atoms with Crippen LogP contribution >= 0.6 is 0 Å². The second kappa shape index (κ2) is 5.70. The van der Waals surface area contributed by atoms with Gasteiger partial charge in [0.15, 0.2) is 6.29 Å². The van der Waals surface area contributed by atoms with Gasteiger partial charge >= 0.3 is 0 Å². The highest BCUT2D eigenvalue weighted by molar-refractivity contribution is 5.88. The highest BCUT2D eigenvalue weighted by Gasteiger charge is 2.08. The molecule has 0 radical (unpaired) electrons. The zero-order valence-corrected chi connectivity index (χ0v) is 11.5. The number of hydrogen-bond donors (Lipinski definition) is 0. The van der Waals surface area contributed by atoms with E-state index in [-0.39, 0.29) is 0 Å². The van der Waals surface area contributed by atoms with Gasteiger partial charge in [-0.15, -0.1) is 0 Å². The molecule has 2 nitrogen and oxygen atoms in total. The Bertz CT molecular complexity index is 586. The molecule has 2 heteroatoms. The number of benzene rings is 2. The molecule has 0 saturated carbocycles. The predicted octanol–water partition coefficient (Wildman–Crippen LogP) is 4.30. The number of aldehydes is 1. The molecule has 0 bridgehead atoms. The number of hydrogen-bond acceptors (Lipinski definition) is 2. The minimum absolute atomic E-state index is 0.463. The minimum Gasteiger partial charge on any atom is -0.497 e. The monoisotopic (exact) mass is 254 g/mol. The Morgan fingerprint density at radius 3 is 2.53 bits per heavy atom. The van der Waals surface area contributed by atoms with E-state index < -0.39 is 0 Å². The van der Waals surface area contributed by atoms with Gasteiger partial charge in [-0.3, -0.25) is 4.79 Å². The topological polar surface area (TPSA) is 26.3 Å². The predicted molar refractivity (Wildman–Crippen MR) is 77.9 cm³/mol. The lowest BCUT2D eigenvalue weighted by Crippen LogP contribution is -1.92. The van der Waals surface area contributed by atoms with Gasteiger partial charge < -0.3 is 4.74 Å². The Morgan fingerprint density at radius 2 is 1.89 bits per heavy atom. The summed E-state index contributed by atoms with van der Waals surface area (Å²) in [5.41, 5.74) is 3.91. The van der Waals surface area contributed by atoms with Crippen LogP contribution in [-0.4, -0.2) is 13.4 Å². The molecule has 0 amide bonds. The van der Waals surface area contributed by atoms with Crippen LogP contribution in [0.5, 0.6) is 5.75 Å². The Kier molecular flexibility index (Phi) is 4.00. The first-order valence-corrected chi connectivity index (χ1v) is 6.39. The zero-order chi connectivity index (χ0) is 13.8. The summed E-state index contributed by atoms with van der Waals surface area (Å²) in [5.74, 6) is 1.22. The van der Waals surface area contributed by atoms with Crippen LogP contribution < -0.4 is 4.74 Å². The molecule has 0 unspecified atom stereocenters. The third kappa shape index (κ3) is 2.84. The van der Waals surface area contributed by atoms with Crippen molar-refractivity contribution < 1.29 is 9.53 Å². The van der Waals surface area contributed by atoms with E-state index in [0.29, 0.717) is 11.5 Å². The molecule has 98 valence electrons. The van der Waals surface area contributed by atoms with E-state index in [9.17, 15) is 4.79 Å². The maximum absolute atomic E-state index is 11.2. The highest BCUT2D eigenvalue weighted by Crippen LogP contribution is 2.29. The lowest BCUT2D eigenvalue weighted by Gasteiger charge is -2.11. The van der Waals surface area contributed by atoms with E-state index in [1.165, 1.54) is 5.56 Å². The molecule has 0 heterocycles. The van der Waals surface area contributed by atoms with Gasteiger partial charge in [-0.2, -0.15) is 0 Å². The number of carbonyl (C=O) groups is 1. The van der Waals surface area contributed by atoms with Crippen molar-refractivity contribution in [1.29, 1.82) is 0 Å². The van der Waals surface area contributed by atoms with Crippen molar-refractivity contribution in [3.05, 3.63) is 53.6 Å². The maximum Gasteiger partial charge on any atom is 0.150 e. The van der Waals surface area contributed by atoms with Gasteiger partial charge in [0.25, 0.3) is 0 Å². The fraction of sp³-hybridized carbons (Fsp3) is 0.235. The van der Waals surface area contributed by atoms with E-state index in [4.69, 9.17) is 4.74 Å². The standard InChI is InChI=1S/C17H18O2/c1-12(2)13-5-4-6-14(9-13)17-10-16(19-3)8-7-15(17)11-18/h4-12H,1-3H3. The largest absolute Gasteiger partial charge is 0.497 e. The summed E-state index contributed by atoms with van der Waals surface area (Å²) in [6.07, 6.45) is 0.886. The molecule has 0 aliphatic heterocycles. The maximum atomic E-state index is 11.2. The fourth-order valence-corrected chi connectivity index (χ4v) is 2.08. The SMILES string of the molecule is COc1ccc(C=O)c(-c2cccc(C(C)C)c2)c1. The molecule has 2 rings (SSSR count). The quantitative estimate of drug-likeness (QED) is 0.760. The number of carbonyl (C=O) groups excluding carboxylic acids is 1. The summed E-state index contributed by atoms with van der Waals surface area (Å²) in [6.45, 7) is 4.32. The normalized spacial score (nSPS) is 10.5. The molecule has 19 heavy (non-hydrogen) atoms. The summed E-state index contributed by atoms with van der Waals surface area (Å²) in [7, 11) is 1.63. The first kappa shape index (κ1) is 13.3. The van der Waals surface area contributed by atoms with Crippen LogP contribution in [0.4, 0.5) is 0 Å². The minimum atomic E-state index is 0.463. The van der Waals surface area contributed by atoms with E-state index >= 15 is 0 Å². The zero-order valence-electron chi connectivity index (χ0n) is 11.5. The van der Waals surface area contributed by atoms with Gasteiger partial charge in [-0.1, -0.05) is 38.1 Å². The Hall–Kier alpha value is -2.09. The van der Waals surface area contributed by atoms with E-state index in [0.717, 1.165) is 23.2 Å². The Balaban J connectivity index is 2.56. The molecule has 2 aromatic rings. The second-order valence-electron chi connectivity index (χ2n) is 4.85. The smallest absolute Gasteiger partial charge is 0.150 e. The van der Waals surface area contributed by atoms with Crippen LogP contribution in [0.25, 0.3) is 11.1 Å². The molecule has 0 aliphatic carbocycles. The fourth-order valence-electron chi connectivity index (χ4n) is 2.08. The van der Waals surface area contributed by atoms with Crippen molar-refractivity contribution in [2.75, 3.05) is 7.11 Å². The van der Waals surface area contributed by atoms with E-state index in [2.05, 4.69) is 26.0 Å². The molecule has 2 aromatic carbocycles. The van der Waals surface area contributed by atoms with E-state index in [1.807, 2.05) is 18.2 Å². The van der Waals surface area contributed by atoms with Gasteiger partial charge in [0, 0.05) is 5.56 Å². The molecule has 0 fully saturated rings. The molecular weight excluding hydrogens is 236 g/mol. The van der Waals surface area contributed by atoms with Crippen molar-refractivity contribution in [1.82, 2.24) is 0 Å². The van der Waals surface area contributed by atoms with Crippen LogP contribution in [0.1, 0.15) is 35.7 Å². The highest BCUT2D eigenvalue weighted by atomic mass is 16.5. The van der Waals surface area contributed by atoms with E-state index in [1.54, 1.807) is 19.2 Å². The van der Waals surface area contributed by atoms with Crippen molar-refractivity contribution in [2.24, 2.45) is 0 Å². The van der Waals surface area contributed by atoms with Gasteiger partial charge in [-0.05, 0) is 40.8 Å². The molecule has 0 aromatic heterocycles. The van der Waals surface area contributed by atoms with Crippen LogP contribution in [0.3, 0.4) is 0 Å². The number of ether oxygens (including phenoxy) is 1. The van der Waals surface area contributed by atoms with Gasteiger partial charge in [0.05, 0.1) is 7.11 Å². The summed E-state index contributed by atoms with van der Waals surface area (Å²) < 4.78 is 5.24. The molecule has 0 aliphatic rings. The molecule has 0 atom stereocenters. The molecule has 0 N–H and O–H groups in total. The average molecular weight is 254 g/mol. The molecule has 0 saturated heterocycles. The van der Waals surface area contributed by atoms with Gasteiger partial charge in [-0.25, -0.2) is 0 Å². The summed E-state index contributed by atoms with van der Waals surface area (Å²) in [6, 6.07) is 13.8.